The highest BCUT2D eigenvalue weighted by molar-refractivity contribution is 6.12. The molecule has 0 unspecified atom stereocenters. The number of anilines is 1. The second-order valence-corrected chi connectivity index (χ2v) is 7.00. The number of carbonyl (C=O) groups is 1. The maximum absolute atomic E-state index is 13.1. The maximum atomic E-state index is 13.1. The van der Waals surface area contributed by atoms with E-state index < -0.39 is 17.2 Å². The van der Waals surface area contributed by atoms with E-state index >= 15 is 0 Å². The largest absolute Gasteiger partial charge is 0.392 e. The number of nitrogens with one attached hydrogen (secondary N) is 2. The Kier molecular flexibility index (Phi) is 5.88. The number of carbonyl (C=O) groups excluding carboxylic acids is 1. The first-order valence-corrected chi connectivity index (χ1v) is 9.40. The quantitative estimate of drug-likeness (QED) is 0.581. The van der Waals surface area contributed by atoms with Gasteiger partial charge in [-0.15, -0.1) is 0 Å². The van der Waals surface area contributed by atoms with E-state index in [0.717, 1.165) is 0 Å². The lowest BCUT2D eigenvalue weighted by Crippen LogP contribution is -2.32. The second kappa shape index (κ2) is 8.36. The van der Waals surface area contributed by atoms with Crippen LogP contribution in [-0.4, -0.2) is 30.5 Å². The molecule has 0 atom stereocenters. The lowest BCUT2D eigenvalue weighted by molar-refractivity contribution is 0.102. The van der Waals surface area contributed by atoms with Gasteiger partial charge in [-0.1, -0.05) is 20.8 Å². The van der Waals surface area contributed by atoms with Crippen molar-refractivity contribution >= 4 is 22.6 Å². The summed E-state index contributed by atoms with van der Waals surface area (Å²) >= 11 is 0. The van der Waals surface area contributed by atoms with E-state index in [0.29, 0.717) is 29.9 Å². The van der Waals surface area contributed by atoms with Gasteiger partial charge in [0.1, 0.15) is 0 Å². The van der Waals surface area contributed by atoms with E-state index in [4.69, 9.17) is 0 Å². The van der Waals surface area contributed by atoms with Crippen LogP contribution in [0.15, 0.2) is 34.1 Å². The molecule has 0 fully saturated rings. The van der Waals surface area contributed by atoms with Gasteiger partial charge in [-0.2, -0.15) is 0 Å². The highest BCUT2D eigenvalue weighted by Crippen LogP contribution is 2.22. The van der Waals surface area contributed by atoms with Crippen molar-refractivity contribution in [2.24, 2.45) is 0 Å². The highest BCUT2D eigenvalue weighted by Gasteiger charge is 2.21. The number of fused-ring (bicyclic) bond motifs is 1. The average molecular weight is 397 g/mol. The summed E-state index contributed by atoms with van der Waals surface area (Å²) in [6.07, 6.45) is 3.59. The van der Waals surface area contributed by atoms with Crippen LogP contribution in [0.3, 0.4) is 0 Å². The Hall–Kier alpha value is -3.33. The lowest BCUT2D eigenvalue weighted by atomic mass is 10.0. The van der Waals surface area contributed by atoms with Crippen molar-refractivity contribution in [3.63, 3.8) is 0 Å². The molecule has 0 aromatic carbocycles. The van der Waals surface area contributed by atoms with Gasteiger partial charge >= 0.3 is 5.69 Å². The smallest absolute Gasteiger partial charge is 0.329 e. The van der Waals surface area contributed by atoms with E-state index in [-0.39, 0.29) is 29.1 Å². The summed E-state index contributed by atoms with van der Waals surface area (Å²) in [5.41, 5.74) is 0.494. The minimum Gasteiger partial charge on any atom is -0.392 e. The Labute approximate surface area is 166 Å². The van der Waals surface area contributed by atoms with Crippen LogP contribution >= 0.6 is 0 Å². The third-order valence-electron chi connectivity index (χ3n) is 4.58. The molecule has 3 N–H and O–H groups in total. The molecule has 29 heavy (non-hydrogen) atoms. The van der Waals surface area contributed by atoms with Gasteiger partial charge < -0.3 is 10.4 Å². The molecule has 0 saturated carbocycles. The SMILES string of the molecule is CCCn1c(=O)[nH]c(=O)c2c(C(=O)Nc3cnccc3CO)cc(C(C)C)nc21. The molecule has 0 saturated heterocycles. The Morgan fingerprint density at radius 1 is 1.34 bits per heavy atom. The molecule has 0 radical (unpaired) electrons. The molecule has 0 aliphatic heterocycles. The Balaban J connectivity index is 2.25. The van der Waals surface area contributed by atoms with Crippen molar-refractivity contribution < 1.29 is 9.90 Å². The average Bonchev–Trinajstić information content (AvgIpc) is 2.70. The number of hydrogen-bond acceptors (Lipinski definition) is 6. The minimum atomic E-state index is -0.668. The summed E-state index contributed by atoms with van der Waals surface area (Å²) < 4.78 is 1.38. The predicted molar refractivity (Wildman–Crippen MR) is 109 cm³/mol. The molecule has 9 nitrogen and oxygen atoms in total. The number of aliphatic hydroxyl groups excluding tert-OH is 1. The van der Waals surface area contributed by atoms with E-state index in [1.807, 2.05) is 20.8 Å². The van der Waals surface area contributed by atoms with Gasteiger partial charge in [-0.25, -0.2) is 9.78 Å². The monoisotopic (exact) mass is 397 g/mol. The van der Waals surface area contributed by atoms with Crippen molar-refractivity contribution in [2.75, 3.05) is 5.32 Å². The van der Waals surface area contributed by atoms with Gasteiger partial charge in [-0.05, 0) is 24.5 Å². The lowest BCUT2D eigenvalue weighted by Gasteiger charge is -2.15. The van der Waals surface area contributed by atoms with E-state index in [1.165, 1.54) is 17.0 Å². The first kappa shape index (κ1) is 20.4. The van der Waals surface area contributed by atoms with Gasteiger partial charge in [0.15, 0.2) is 5.65 Å². The van der Waals surface area contributed by atoms with Crippen LogP contribution in [0.4, 0.5) is 5.69 Å². The van der Waals surface area contributed by atoms with Crippen LogP contribution in [0.2, 0.25) is 0 Å². The number of nitrogens with zero attached hydrogens (tertiary/aromatic N) is 3. The van der Waals surface area contributed by atoms with Crippen LogP contribution in [0.5, 0.6) is 0 Å². The van der Waals surface area contributed by atoms with Crippen LogP contribution in [0.25, 0.3) is 11.0 Å². The first-order chi connectivity index (χ1) is 13.9. The Morgan fingerprint density at radius 3 is 2.76 bits per heavy atom. The molecule has 0 aliphatic carbocycles. The zero-order valence-corrected chi connectivity index (χ0v) is 16.5. The van der Waals surface area contributed by atoms with Crippen LogP contribution in [0, 0.1) is 0 Å². The number of H-pyrrole nitrogens is 1. The molecule has 0 spiro atoms. The fourth-order valence-corrected chi connectivity index (χ4v) is 3.06. The van der Waals surface area contributed by atoms with Crippen molar-refractivity contribution in [2.45, 2.75) is 46.3 Å². The van der Waals surface area contributed by atoms with Gasteiger partial charge in [0.25, 0.3) is 11.5 Å². The van der Waals surface area contributed by atoms with Crippen molar-refractivity contribution in [3.8, 4) is 0 Å². The van der Waals surface area contributed by atoms with E-state index in [2.05, 4.69) is 20.3 Å². The number of pyridine rings is 2. The molecule has 3 aromatic heterocycles. The molecule has 0 bridgehead atoms. The third kappa shape index (κ3) is 3.95. The summed E-state index contributed by atoms with van der Waals surface area (Å²) in [5.74, 6) is -0.573. The standard InChI is InChI=1S/C20H23N5O4/c1-4-7-25-17-16(19(28)24-20(25)29)13(8-14(22-17)11(2)3)18(27)23-15-9-21-6-5-12(15)10-26/h5-6,8-9,11,26H,4,7,10H2,1-3H3,(H,23,27)(H,24,28,29). The summed E-state index contributed by atoms with van der Waals surface area (Å²) in [6, 6.07) is 3.15. The van der Waals surface area contributed by atoms with Crippen molar-refractivity contribution in [1.82, 2.24) is 19.5 Å². The summed E-state index contributed by atoms with van der Waals surface area (Å²) in [7, 11) is 0. The third-order valence-corrected chi connectivity index (χ3v) is 4.58. The van der Waals surface area contributed by atoms with Gasteiger partial charge in [0.05, 0.1) is 29.4 Å². The zero-order valence-electron chi connectivity index (χ0n) is 16.5. The molecule has 152 valence electrons. The number of aromatic nitrogens is 4. The fourth-order valence-electron chi connectivity index (χ4n) is 3.06. The van der Waals surface area contributed by atoms with Crippen LogP contribution in [0.1, 0.15) is 54.7 Å². The Morgan fingerprint density at radius 2 is 2.10 bits per heavy atom. The van der Waals surface area contributed by atoms with Crippen molar-refractivity contribution in [1.29, 1.82) is 0 Å². The maximum Gasteiger partial charge on any atom is 0.329 e. The van der Waals surface area contributed by atoms with E-state index in [1.54, 1.807) is 12.1 Å². The number of rotatable bonds is 6. The number of hydrogen-bond donors (Lipinski definition) is 3. The molecule has 9 heteroatoms. The topological polar surface area (TPSA) is 130 Å². The van der Waals surface area contributed by atoms with Crippen LogP contribution < -0.4 is 16.6 Å². The summed E-state index contributed by atoms with van der Waals surface area (Å²) in [5, 5.41) is 12.2. The molecular formula is C20H23N5O4. The molecule has 0 aliphatic rings. The zero-order chi connectivity index (χ0) is 21.1. The summed E-state index contributed by atoms with van der Waals surface area (Å²) in [4.78, 5) is 48.7. The fraction of sp³-hybridized carbons (Fsp3) is 0.350. The number of aromatic amines is 1. The van der Waals surface area contributed by atoms with Crippen molar-refractivity contribution in [3.05, 3.63) is 62.2 Å². The predicted octanol–water partition coefficient (Wildman–Crippen LogP) is 1.76. The molecule has 3 rings (SSSR count). The number of aliphatic hydroxyl groups is 1. The van der Waals surface area contributed by atoms with Gasteiger partial charge in [0, 0.05) is 24.0 Å². The molecule has 3 aromatic rings. The second-order valence-electron chi connectivity index (χ2n) is 7.00. The first-order valence-electron chi connectivity index (χ1n) is 9.40. The van der Waals surface area contributed by atoms with E-state index in [9.17, 15) is 19.5 Å². The molecule has 1 amide bonds. The minimum absolute atomic E-state index is 0.0261. The normalized spacial score (nSPS) is 11.2. The Bertz CT molecular complexity index is 1180. The molecular weight excluding hydrogens is 374 g/mol. The number of aryl methyl sites for hydroxylation is 1. The summed E-state index contributed by atoms with van der Waals surface area (Å²) in [6.45, 7) is 5.82. The van der Waals surface area contributed by atoms with Gasteiger partial charge in [0.2, 0.25) is 0 Å². The van der Waals surface area contributed by atoms with Crippen LogP contribution in [-0.2, 0) is 13.2 Å². The number of amides is 1. The molecule has 3 heterocycles. The highest BCUT2D eigenvalue weighted by atomic mass is 16.3. The van der Waals surface area contributed by atoms with Gasteiger partial charge in [-0.3, -0.25) is 24.1 Å².